The van der Waals surface area contributed by atoms with Gasteiger partial charge in [0.05, 0.1) is 23.1 Å². The fourth-order valence-electron chi connectivity index (χ4n) is 4.65. The number of halogens is 1. The highest BCUT2D eigenvalue weighted by Gasteiger charge is 2.32. The van der Waals surface area contributed by atoms with E-state index in [4.69, 9.17) is 5.10 Å². The predicted molar refractivity (Wildman–Crippen MR) is 149 cm³/mol. The molecule has 8 nitrogen and oxygen atoms in total. The summed E-state index contributed by atoms with van der Waals surface area (Å²) >= 11 is 0. The highest BCUT2D eigenvalue weighted by atomic mass is 32.2. The lowest BCUT2D eigenvalue weighted by molar-refractivity contribution is 0.0957. The van der Waals surface area contributed by atoms with E-state index < -0.39 is 10.0 Å². The van der Waals surface area contributed by atoms with Crippen LogP contribution in [0.3, 0.4) is 0 Å². The molecule has 0 bridgehead atoms. The summed E-state index contributed by atoms with van der Waals surface area (Å²) in [6, 6.07) is 17.2. The highest BCUT2D eigenvalue weighted by Crippen LogP contribution is 2.46. The van der Waals surface area contributed by atoms with Crippen molar-refractivity contribution < 1.29 is 17.6 Å². The van der Waals surface area contributed by atoms with Crippen LogP contribution < -0.4 is 14.9 Å². The largest absolute Gasteiger partial charge is 0.356 e. The average Bonchev–Trinajstić information content (AvgIpc) is 3.67. The van der Waals surface area contributed by atoms with Crippen molar-refractivity contribution in [2.75, 3.05) is 29.5 Å². The van der Waals surface area contributed by atoms with Crippen LogP contribution in [0.15, 0.2) is 60.7 Å². The standard InChI is InChI=1S/C28H30FN5O3S/c1-4-15-33(38(3,36)37)26-17-25-24(16-23(26)18-5-6-18)27(28(35)30-2)34(32-25)22-13-11-21(12-14-22)31-20-9-7-19(29)8-10-20/h7-14,16-18,31H,4-6,15H2,1-3H3,(H,30,35). The van der Waals surface area contributed by atoms with Gasteiger partial charge in [0.1, 0.15) is 11.5 Å². The van der Waals surface area contributed by atoms with Crippen LogP contribution in [0.4, 0.5) is 21.5 Å². The van der Waals surface area contributed by atoms with E-state index in [2.05, 4.69) is 10.6 Å². The van der Waals surface area contributed by atoms with Gasteiger partial charge >= 0.3 is 0 Å². The molecule has 1 heterocycles. The Bertz CT molecular complexity index is 1590. The zero-order valence-corrected chi connectivity index (χ0v) is 22.3. The van der Waals surface area contributed by atoms with E-state index in [-0.39, 0.29) is 17.6 Å². The molecule has 1 aliphatic rings. The van der Waals surface area contributed by atoms with E-state index in [1.807, 2.05) is 37.3 Å². The minimum absolute atomic E-state index is 0.258. The fraction of sp³-hybridized carbons (Fsp3) is 0.286. The number of nitrogens with one attached hydrogen (secondary N) is 2. The van der Waals surface area contributed by atoms with E-state index in [0.29, 0.717) is 40.9 Å². The number of carbonyl (C=O) groups excluding carboxylic acids is 1. The molecule has 3 aromatic carbocycles. The number of hydrogen-bond acceptors (Lipinski definition) is 5. The average molecular weight is 536 g/mol. The minimum atomic E-state index is -3.49. The molecule has 0 atom stereocenters. The Labute approximate surface area is 221 Å². The third-order valence-corrected chi connectivity index (χ3v) is 7.80. The smallest absolute Gasteiger partial charge is 0.270 e. The molecule has 0 saturated heterocycles. The van der Waals surface area contributed by atoms with Gasteiger partial charge in [-0.25, -0.2) is 17.5 Å². The van der Waals surface area contributed by atoms with Gasteiger partial charge in [0.15, 0.2) is 0 Å². The van der Waals surface area contributed by atoms with Gasteiger partial charge in [-0.1, -0.05) is 6.92 Å². The van der Waals surface area contributed by atoms with Crippen molar-refractivity contribution in [2.45, 2.75) is 32.1 Å². The fourth-order valence-corrected chi connectivity index (χ4v) is 5.68. The molecule has 1 amide bonds. The Morgan fingerprint density at radius 1 is 1.08 bits per heavy atom. The molecule has 1 aromatic heterocycles. The Balaban J connectivity index is 1.60. The summed E-state index contributed by atoms with van der Waals surface area (Å²) in [5.41, 5.74) is 4.71. The molecule has 1 fully saturated rings. The second kappa shape index (κ2) is 10.1. The Morgan fingerprint density at radius 3 is 2.26 bits per heavy atom. The molecular formula is C28H30FN5O3S. The Morgan fingerprint density at radius 2 is 1.71 bits per heavy atom. The van der Waals surface area contributed by atoms with E-state index >= 15 is 0 Å². The number of fused-ring (bicyclic) bond motifs is 1. The van der Waals surface area contributed by atoms with Crippen LogP contribution in [-0.2, 0) is 10.0 Å². The number of sulfonamides is 1. The van der Waals surface area contributed by atoms with Gasteiger partial charge < -0.3 is 10.6 Å². The van der Waals surface area contributed by atoms with Gasteiger partial charge in [0, 0.05) is 30.4 Å². The molecule has 10 heteroatoms. The monoisotopic (exact) mass is 535 g/mol. The van der Waals surface area contributed by atoms with Crippen molar-refractivity contribution >= 4 is 43.9 Å². The topological polar surface area (TPSA) is 96.3 Å². The molecule has 1 saturated carbocycles. The molecule has 2 N–H and O–H groups in total. The summed E-state index contributed by atoms with van der Waals surface area (Å²) in [6.07, 6.45) is 3.85. The maximum atomic E-state index is 13.2. The second-order valence-corrected chi connectivity index (χ2v) is 11.5. The van der Waals surface area contributed by atoms with E-state index in [1.165, 1.54) is 22.7 Å². The van der Waals surface area contributed by atoms with Gasteiger partial charge in [-0.15, -0.1) is 0 Å². The summed E-state index contributed by atoms with van der Waals surface area (Å²) in [7, 11) is -1.92. The first kappa shape index (κ1) is 25.7. The number of aromatic nitrogens is 2. The van der Waals surface area contributed by atoms with Gasteiger partial charge in [0.25, 0.3) is 5.91 Å². The van der Waals surface area contributed by atoms with Gasteiger partial charge in [-0.2, -0.15) is 5.10 Å². The van der Waals surface area contributed by atoms with Gasteiger partial charge in [-0.3, -0.25) is 9.10 Å². The lowest BCUT2D eigenvalue weighted by Crippen LogP contribution is -2.31. The highest BCUT2D eigenvalue weighted by molar-refractivity contribution is 7.92. The van der Waals surface area contributed by atoms with Crippen molar-refractivity contribution in [3.05, 3.63) is 77.7 Å². The maximum absolute atomic E-state index is 13.2. The van der Waals surface area contributed by atoms with Crippen molar-refractivity contribution in [1.82, 2.24) is 15.1 Å². The zero-order chi connectivity index (χ0) is 27.0. The number of benzene rings is 3. The first-order valence-corrected chi connectivity index (χ1v) is 14.4. The Hall–Kier alpha value is -3.92. The summed E-state index contributed by atoms with van der Waals surface area (Å²) in [4.78, 5) is 13.1. The third-order valence-electron chi connectivity index (χ3n) is 6.62. The molecule has 0 radical (unpaired) electrons. The number of nitrogens with zero attached hydrogens (tertiary/aromatic N) is 3. The van der Waals surface area contributed by atoms with Crippen LogP contribution in [0.2, 0.25) is 0 Å². The van der Waals surface area contributed by atoms with Crippen LogP contribution in [0.25, 0.3) is 16.6 Å². The summed E-state index contributed by atoms with van der Waals surface area (Å²) in [5, 5.41) is 11.4. The number of amides is 1. The minimum Gasteiger partial charge on any atom is -0.356 e. The normalized spacial score (nSPS) is 13.5. The lowest BCUT2D eigenvalue weighted by atomic mass is 10.0. The van der Waals surface area contributed by atoms with Crippen LogP contribution in [-0.4, -0.2) is 44.0 Å². The van der Waals surface area contributed by atoms with Crippen molar-refractivity contribution in [2.24, 2.45) is 0 Å². The van der Waals surface area contributed by atoms with Crippen LogP contribution in [0.5, 0.6) is 0 Å². The molecule has 0 unspecified atom stereocenters. The number of hydrogen-bond donors (Lipinski definition) is 2. The number of rotatable bonds is 9. The summed E-state index contributed by atoms with van der Waals surface area (Å²) < 4.78 is 41.7. The zero-order valence-electron chi connectivity index (χ0n) is 21.5. The lowest BCUT2D eigenvalue weighted by Gasteiger charge is -2.24. The van der Waals surface area contributed by atoms with Crippen LogP contribution in [0, 0.1) is 5.82 Å². The summed E-state index contributed by atoms with van der Waals surface area (Å²) in [6.45, 7) is 2.32. The molecule has 4 aromatic rings. The number of carbonyl (C=O) groups is 1. The van der Waals surface area contributed by atoms with Crippen LogP contribution >= 0.6 is 0 Å². The molecule has 198 valence electrons. The SMILES string of the molecule is CCCN(c1cc2nn(-c3ccc(Nc4ccc(F)cc4)cc3)c(C(=O)NC)c2cc1C1CC1)S(C)(=O)=O. The quantitative estimate of drug-likeness (QED) is 0.302. The first-order chi connectivity index (χ1) is 18.2. The molecule has 0 aliphatic heterocycles. The molecular weight excluding hydrogens is 505 g/mol. The van der Waals surface area contributed by atoms with Gasteiger partial charge in [-0.05, 0) is 91.4 Å². The van der Waals surface area contributed by atoms with Crippen molar-refractivity contribution in [1.29, 1.82) is 0 Å². The third kappa shape index (κ3) is 5.08. The molecule has 38 heavy (non-hydrogen) atoms. The number of anilines is 3. The van der Waals surface area contributed by atoms with E-state index in [0.717, 1.165) is 29.8 Å². The first-order valence-electron chi connectivity index (χ1n) is 12.6. The molecule has 1 aliphatic carbocycles. The van der Waals surface area contributed by atoms with E-state index in [1.54, 1.807) is 29.9 Å². The van der Waals surface area contributed by atoms with E-state index in [9.17, 15) is 17.6 Å². The van der Waals surface area contributed by atoms with Crippen LogP contribution in [0.1, 0.15) is 48.2 Å². The van der Waals surface area contributed by atoms with Gasteiger partial charge in [0.2, 0.25) is 10.0 Å². The molecule has 0 spiro atoms. The maximum Gasteiger partial charge on any atom is 0.270 e. The Kier molecular flexibility index (Phi) is 6.83. The predicted octanol–water partition coefficient (Wildman–Crippen LogP) is 5.32. The van der Waals surface area contributed by atoms with Crippen molar-refractivity contribution in [3.63, 3.8) is 0 Å². The van der Waals surface area contributed by atoms with Crippen molar-refractivity contribution in [3.8, 4) is 5.69 Å². The molecule has 5 rings (SSSR count). The second-order valence-electron chi connectivity index (χ2n) is 9.56. The summed E-state index contributed by atoms with van der Waals surface area (Å²) in [5.74, 6) is -0.335.